The van der Waals surface area contributed by atoms with E-state index >= 15 is 0 Å². The normalized spacial score (nSPS) is 12.4. The topological polar surface area (TPSA) is 47.3 Å². The maximum absolute atomic E-state index is 6.09. The van der Waals surface area contributed by atoms with Crippen LogP contribution in [0.4, 0.5) is 0 Å². The molecule has 0 fully saturated rings. The Morgan fingerprint density at radius 3 is 2.56 bits per heavy atom. The molecule has 0 amide bonds. The average Bonchev–Trinajstić information content (AvgIpc) is 2.30. The highest BCUT2D eigenvalue weighted by Crippen LogP contribution is 2.19. The van der Waals surface area contributed by atoms with Crippen LogP contribution in [0.3, 0.4) is 0 Å². The lowest BCUT2D eigenvalue weighted by molar-refractivity contribution is 0.340. The smallest absolute Gasteiger partial charge is 0.119 e. The highest BCUT2D eigenvalue weighted by Gasteiger charge is 2.05. The molecule has 0 spiro atoms. The van der Waals surface area contributed by atoms with Crippen LogP contribution < -0.4 is 15.8 Å². The number of nitrogens with two attached hydrogens (primary N) is 1. The Hall–Kier alpha value is -1.06. The number of ether oxygens (including phenoxy) is 1. The van der Waals surface area contributed by atoms with Crippen LogP contribution in [0.15, 0.2) is 24.3 Å². The number of rotatable bonds is 7. The maximum Gasteiger partial charge on any atom is 0.119 e. The number of hydrogen-bond donors (Lipinski definition) is 2. The second kappa shape index (κ2) is 7.25. The highest BCUT2D eigenvalue weighted by atomic mass is 16.5. The lowest BCUT2D eigenvalue weighted by Crippen LogP contribution is -2.14. The zero-order chi connectivity index (χ0) is 11.8. The van der Waals surface area contributed by atoms with Crippen LogP contribution in [0.5, 0.6) is 5.75 Å². The molecule has 1 atom stereocenters. The van der Waals surface area contributed by atoms with Crippen LogP contribution in [0, 0.1) is 0 Å². The van der Waals surface area contributed by atoms with Crippen molar-refractivity contribution in [1.29, 1.82) is 0 Å². The predicted molar refractivity (Wildman–Crippen MR) is 67.7 cm³/mol. The van der Waals surface area contributed by atoms with Gasteiger partial charge in [0.05, 0.1) is 6.61 Å². The summed E-state index contributed by atoms with van der Waals surface area (Å²) in [5.74, 6) is 0.911. The minimum atomic E-state index is 0.129. The fourth-order valence-corrected chi connectivity index (χ4v) is 1.64. The van der Waals surface area contributed by atoms with Gasteiger partial charge in [0.15, 0.2) is 0 Å². The summed E-state index contributed by atoms with van der Waals surface area (Å²) in [6.45, 7) is 3.70. The molecular formula is C13H22N2O. The Labute approximate surface area is 98.0 Å². The summed E-state index contributed by atoms with van der Waals surface area (Å²) < 4.78 is 5.39. The lowest BCUT2D eigenvalue weighted by atomic mass is 10.0. The van der Waals surface area contributed by atoms with Gasteiger partial charge >= 0.3 is 0 Å². The van der Waals surface area contributed by atoms with Crippen molar-refractivity contribution in [3.63, 3.8) is 0 Å². The van der Waals surface area contributed by atoms with E-state index in [1.807, 2.05) is 26.1 Å². The standard InChI is InChI=1S/C13H22N2O/c1-3-16-12-8-6-11(7-9-12)13(14)5-4-10-15-2/h6-9,13,15H,3-5,10,14H2,1-2H3. The molecule has 3 heteroatoms. The van der Waals surface area contributed by atoms with Gasteiger partial charge in [-0.15, -0.1) is 0 Å². The molecule has 0 saturated carbocycles. The van der Waals surface area contributed by atoms with Crippen molar-refractivity contribution >= 4 is 0 Å². The van der Waals surface area contributed by atoms with Crippen molar-refractivity contribution < 1.29 is 4.74 Å². The summed E-state index contributed by atoms with van der Waals surface area (Å²) >= 11 is 0. The van der Waals surface area contributed by atoms with Crippen molar-refractivity contribution in [1.82, 2.24) is 5.32 Å². The van der Waals surface area contributed by atoms with Crippen LogP contribution in [-0.4, -0.2) is 20.2 Å². The molecule has 0 aliphatic carbocycles. The molecular weight excluding hydrogens is 200 g/mol. The Morgan fingerprint density at radius 1 is 1.31 bits per heavy atom. The molecule has 3 nitrogen and oxygen atoms in total. The summed E-state index contributed by atoms with van der Waals surface area (Å²) in [4.78, 5) is 0. The fraction of sp³-hybridized carbons (Fsp3) is 0.538. The van der Waals surface area contributed by atoms with Crippen LogP contribution in [0.2, 0.25) is 0 Å². The van der Waals surface area contributed by atoms with Gasteiger partial charge in [0.2, 0.25) is 0 Å². The van der Waals surface area contributed by atoms with Gasteiger partial charge in [-0.3, -0.25) is 0 Å². The molecule has 0 heterocycles. The third-order valence-corrected chi connectivity index (χ3v) is 2.56. The van der Waals surface area contributed by atoms with Crippen molar-refractivity contribution in [2.24, 2.45) is 5.73 Å². The van der Waals surface area contributed by atoms with Gasteiger partial charge in [0, 0.05) is 6.04 Å². The highest BCUT2D eigenvalue weighted by molar-refractivity contribution is 5.28. The van der Waals surface area contributed by atoms with Crippen LogP contribution in [0.1, 0.15) is 31.4 Å². The van der Waals surface area contributed by atoms with Crippen molar-refractivity contribution in [2.45, 2.75) is 25.8 Å². The Kier molecular flexibility index (Phi) is 5.90. The molecule has 0 aromatic heterocycles. The molecule has 0 aliphatic heterocycles. The molecule has 3 N–H and O–H groups in total. The van der Waals surface area contributed by atoms with Gasteiger partial charge < -0.3 is 15.8 Å². The van der Waals surface area contributed by atoms with Crippen molar-refractivity contribution in [2.75, 3.05) is 20.2 Å². The molecule has 16 heavy (non-hydrogen) atoms. The monoisotopic (exact) mass is 222 g/mol. The van der Waals surface area contributed by atoms with E-state index in [4.69, 9.17) is 10.5 Å². The van der Waals surface area contributed by atoms with Crippen molar-refractivity contribution in [3.8, 4) is 5.75 Å². The van der Waals surface area contributed by atoms with Gasteiger partial charge in [-0.2, -0.15) is 0 Å². The van der Waals surface area contributed by atoms with E-state index in [0.29, 0.717) is 6.61 Å². The average molecular weight is 222 g/mol. The largest absolute Gasteiger partial charge is 0.494 e. The molecule has 1 aromatic rings. The molecule has 0 aliphatic rings. The fourth-order valence-electron chi connectivity index (χ4n) is 1.64. The first kappa shape index (κ1) is 13.0. The summed E-state index contributed by atoms with van der Waals surface area (Å²) in [7, 11) is 1.96. The molecule has 0 bridgehead atoms. The predicted octanol–water partition coefficient (Wildman–Crippen LogP) is 2.08. The molecule has 0 radical (unpaired) electrons. The summed E-state index contributed by atoms with van der Waals surface area (Å²) in [6, 6.07) is 8.20. The molecule has 1 aromatic carbocycles. The first-order valence-electron chi connectivity index (χ1n) is 5.91. The number of hydrogen-bond acceptors (Lipinski definition) is 3. The van der Waals surface area contributed by atoms with Gasteiger partial charge in [-0.1, -0.05) is 12.1 Å². The zero-order valence-electron chi connectivity index (χ0n) is 10.2. The van der Waals surface area contributed by atoms with Crippen LogP contribution in [0.25, 0.3) is 0 Å². The van der Waals surface area contributed by atoms with Crippen LogP contribution in [-0.2, 0) is 0 Å². The first-order chi connectivity index (χ1) is 7.77. The van der Waals surface area contributed by atoms with E-state index in [-0.39, 0.29) is 6.04 Å². The van der Waals surface area contributed by atoms with E-state index in [9.17, 15) is 0 Å². The number of nitrogens with one attached hydrogen (secondary N) is 1. The Bertz CT molecular complexity index is 284. The summed E-state index contributed by atoms with van der Waals surface area (Å²) in [6.07, 6.45) is 2.11. The quantitative estimate of drug-likeness (QED) is 0.694. The number of benzene rings is 1. The van der Waals surface area contributed by atoms with E-state index in [1.165, 1.54) is 5.56 Å². The maximum atomic E-state index is 6.09. The summed E-state index contributed by atoms with van der Waals surface area (Å²) in [5.41, 5.74) is 7.27. The minimum absolute atomic E-state index is 0.129. The zero-order valence-corrected chi connectivity index (χ0v) is 10.2. The molecule has 1 unspecified atom stereocenters. The Morgan fingerprint density at radius 2 is 2.00 bits per heavy atom. The third-order valence-electron chi connectivity index (χ3n) is 2.56. The molecule has 90 valence electrons. The summed E-state index contributed by atoms with van der Waals surface area (Å²) in [5, 5.41) is 3.12. The van der Waals surface area contributed by atoms with Crippen LogP contribution >= 0.6 is 0 Å². The Balaban J connectivity index is 2.46. The van der Waals surface area contributed by atoms with Gasteiger partial charge in [-0.05, 0) is 51.1 Å². The van der Waals surface area contributed by atoms with Crippen molar-refractivity contribution in [3.05, 3.63) is 29.8 Å². The van der Waals surface area contributed by atoms with E-state index in [0.717, 1.165) is 25.1 Å². The molecule has 1 rings (SSSR count). The lowest BCUT2D eigenvalue weighted by Gasteiger charge is -2.12. The van der Waals surface area contributed by atoms with E-state index in [2.05, 4.69) is 17.4 Å². The third kappa shape index (κ3) is 4.21. The van der Waals surface area contributed by atoms with Gasteiger partial charge in [0.25, 0.3) is 0 Å². The molecule has 0 saturated heterocycles. The SMILES string of the molecule is CCOc1ccc(C(N)CCCNC)cc1. The van der Waals surface area contributed by atoms with E-state index in [1.54, 1.807) is 0 Å². The first-order valence-corrected chi connectivity index (χ1v) is 5.91. The second-order valence-electron chi connectivity index (χ2n) is 3.85. The van der Waals surface area contributed by atoms with Gasteiger partial charge in [-0.25, -0.2) is 0 Å². The minimum Gasteiger partial charge on any atom is -0.494 e. The second-order valence-corrected chi connectivity index (χ2v) is 3.85. The van der Waals surface area contributed by atoms with Gasteiger partial charge in [0.1, 0.15) is 5.75 Å². The van der Waals surface area contributed by atoms with E-state index < -0.39 is 0 Å².